The van der Waals surface area contributed by atoms with Gasteiger partial charge in [-0.3, -0.25) is 0 Å². The zero-order chi connectivity index (χ0) is 13.8. The largest absolute Gasteiger partial charge is 0.389 e. The van der Waals surface area contributed by atoms with E-state index < -0.39 is 5.60 Å². The first kappa shape index (κ1) is 15.8. The molecule has 0 heterocycles. The standard InChI is InChI=1S/C14H21Cl2NO/c1-4-13(17-9-14(3,18)5-2)11-7-6-10(15)8-12(11)16/h6-8,13,17-18H,4-5,9H2,1-3H3. The van der Waals surface area contributed by atoms with Gasteiger partial charge in [0.25, 0.3) is 0 Å². The zero-order valence-corrected chi connectivity index (χ0v) is 12.6. The average molecular weight is 290 g/mol. The summed E-state index contributed by atoms with van der Waals surface area (Å²) >= 11 is 12.1. The van der Waals surface area contributed by atoms with Crippen molar-refractivity contribution in [1.29, 1.82) is 0 Å². The van der Waals surface area contributed by atoms with Crippen LogP contribution in [-0.2, 0) is 0 Å². The third kappa shape index (κ3) is 4.43. The fourth-order valence-corrected chi connectivity index (χ4v) is 2.27. The van der Waals surface area contributed by atoms with Crippen molar-refractivity contribution in [3.8, 4) is 0 Å². The Kier molecular flexibility index (Phi) is 5.93. The first-order valence-corrected chi connectivity index (χ1v) is 7.06. The molecule has 2 nitrogen and oxygen atoms in total. The van der Waals surface area contributed by atoms with Gasteiger partial charge >= 0.3 is 0 Å². The van der Waals surface area contributed by atoms with E-state index in [1.54, 1.807) is 6.07 Å². The highest BCUT2D eigenvalue weighted by atomic mass is 35.5. The molecule has 0 bridgehead atoms. The van der Waals surface area contributed by atoms with Crippen LogP contribution in [0.15, 0.2) is 18.2 Å². The van der Waals surface area contributed by atoms with Crippen molar-refractivity contribution in [1.82, 2.24) is 5.32 Å². The van der Waals surface area contributed by atoms with Gasteiger partial charge in [0.15, 0.2) is 0 Å². The van der Waals surface area contributed by atoms with Crippen LogP contribution in [0, 0.1) is 0 Å². The van der Waals surface area contributed by atoms with Gasteiger partial charge < -0.3 is 10.4 Å². The van der Waals surface area contributed by atoms with Crippen LogP contribution in [0.2, 0.25) is 10.0 Å². The van der Waals surface area contributed by atoms with Crippen molar-refractivity contribution >= 4 is 23.2 Å². The Morgan fingerprint density at radius 1 is 1.33 bits per heavy atom. The molecule has 4 heteroatoms. The summed E-state index contributed by atoms with van der Waals surface area (Å²) in [6, 6.07) is 5.66. The minimum absolute atomic E-state index is 0.132. The first-order valence-electron chi connectivity index (χ1n) is 6.30. The Morgan fingerprint density at radius 2 is 2.00 bits per heavy atom. The minimum Gasteiger partial charge on any atom is -0.389 e. The summed E-state index contributed by atoms with van der Waals surface area (Å²) in [5.74, 6) is 0. The molecule has 0 radical (unpaired) electrons. The van der Waals surface area contributed by atoms with E-state index in [4.69, 9.17) is 23.2 Å². The molecule has 1 aromatic carbocycles. The quantitative estimate of drug-likeness (QED) is 0.823. The van der Waals surface area contributed by atoms with Crippen LogP contribution in [0.25, 0.3) is 0 Å². The van der Waals surface area contributed by atoms with E-state index in [2.05, 4.69) is 12.2 Å². The third-order valence-electron chi connectivity index (χ3n) is 3.24. The Labute approximate surface area is 119 Å². The van der Waals surface area contributed by atoms with Crippen molar-refractivity contribution in [3.63, 3.8) is 0 Å². The fourth-order valence-electron chi connectivity index (χ4n) is 1.73. The van der Waals surface area contributed by atoms with E-state index in [0.29, 0.717) is 23.0 Å². The van der Waals surface area contributed by atoms with Crippen molar-refractivity contribution in [2.24, 2.45) is 0 Å². The minimum atomic E-state index is -0.688. The summed E-state index contributed by atoms with van der Waals surface area (Å²) in [4.78, 5) is 0. The SMILES string of the molecule is CCC(NCC(C)(O)CC)c1ccc(Cl)cc1Cl. The van der Waals surface area contributed by atoms with Crippen LogP contribution >= 0.6 is 23.2 Å². The van der Waals surface area contributed by atoms with Crippen LogP contribution < -0.4 is 5.32 Å². The van der Waals surface area contributed by atoms with Crippen LogP contribution in [0.5, 0.6) is 0 Å². The zero-order valence-electron chi connectivity index (χ0n) is 11.1. The van der Waals surface area contributed by atoms with Gasteiger partial charge in [-0.05, 0) is 37.5 Å². The lowest BCUT2D eigenvalue weighted by Gasteiger charge is -2.26. The first-order chi connectivity index (χ1) is 8.39. The third-order valence-corrected chi connectivity index (χ3v) is 3.80. The van der Waals surface area contributed by atoms with E-state index in [0.717, 1.165) is 12.0 Å². The molecule has 0 aliphatic carbocycles. The molecule has 0 aliphatic rings. The number of halogens is 2. The molecule has 2 atom stereocenters. The van der Waals surface area contributed by atoms with Gasteiger partial charge in [0.2, 0.25) is 0 Å². The molecule has 0 saturated carbocycles. The molecule has 0 aliphatic heterocycles. The molecule has 0 amide bonds. The fraction of sp³-hybridized carbons (Fsp3) is 0.571. The van der Waals surface area contributed by atoms with Crippen molar-refractivity contribution in [3.05, 3.63) is 33.8 Å². The van der Waals surface area contributed by atoms with E-state index >= 15 is 0 Å². The second-order valence-electron chi connectivity index (χ2n) is 4.86. The molecule has 0 fully saturated rings. The highest BCUT2D eigenvalue weighted by Crippen LogP contribution is 2.28. The molecule has 1 rings (SSSR count). The number of nitrogens with one attached hydrogen (secondary N) is 1. The van der Waals surface area contributed by atoms with Crippen molar-refractivity contribution in [2.75, 3.05) is 6.54 Å². The van der Waals surface area contributed by atoms with Crippen LogP contribution in [-0.4, -0.2) is 17.3 Å². The summed E-state index contributed by atoms with van der Waals surface area (Å²) in [6.07, 6.45) is 1.62. The van der Waals surface area contributed by atoms with Gasteiger partial charge in [-0.1, -0.05) is 43.1 Å². The number of hydrogen-bond acceptors (Lipinski definition) is 2. The molecular formula is C14H21Cl2NO. The van der Waals surface area contributed by atoms with Gasteiger partial charge in [-0.2, -0.15) is 0 Å². The van der Waals surface area contributed by atoms with Gasteiger partial charge in [0.05, 0.1) is 5.60 Å². The highest BCUT2D eigenvalue weighted by Gasteiger charge is 2.20. The molecule has 1 aromatic rings. The van der Waals surface area contributed by atoms with Crippen LogP contribution in [0.3, 0.4) is 0 Å². The van der Waals surface area contributed by atoms with Gasteiger partial charge in [0.1, 0.15) is 0 Å². The molecule has 102 valence electrons. The summed E-state index contributed by atoms with van der Waals surface area (Å²) in [7, 11) is 0. The number of benzene rings is 1. The predicted octanol–water partition coefficient (Wildman–Crippen LogP) is 4.20. The molecule has 18 heavy (non-hydrogen) atoms. The second kappa shape index (κ2) is 6.76. The van der Waals surface area contributed by atoms with Gasteiger partial charge in [0, 0.05) is 22.6 Å². The van der Waals surface area contributed by atoms with Crippen LogP contribution in [0.1, 0.15) is 45.2 Å². The smallest absolute Gasteiger partial charge is 0.0741 e. The Morgan fingerprint density at radius 3 is 2.50 bits per heavy atom. The Balaban J connectivity index is 2.77. The lowest BCUT2D eigenvalue weighted by molar-refractivity contribution is 0.0526. The maximum absolute atomic E-state index is 10.0. The monoisotopic (exact) mass is 289 g/mol. The van der Waals surface area contributed by atoms with E-state index in [1.807, 2.05) is 26.0 Å². The van der Waals surface area contributed by atoms with E-state index in [9.17, 15) is 5.11 Å². The lowest BCUT2D eigenvalue weighted by atomic mass is 10.0. The number of aliphatic hydroxyl groups is 1. The average Bonchev–Trinajstić information content (AvgIpc) is 2.32. The summed E-state index contributed by atoms with van der Waals surface area (Å²) < 4.78 is 0. The van der Waals surface area contributed by atoms with E-state index in [-0.39, 0.29) is 6.04 Å². The number of hydrogen-bond donors (Lipinski definition) is 2. The molecule has 0 saturated heterocycles. The Bertz CT molecular complexity index is 393. The van der Waals surface area contributed by atoms with Crippen molar-refractivity contribution in [2.45, 2.75) is 45.3 Å². The lowest BCUT2D eigenvalue weighted by Crippen LogP contribution is -2.38. The maximum Gasteiger partial charge on any atom is 0.0741 e. The second-order valence-corrected chi connectivity index (χ2v) is 5.70. The molecule has 2 N–H and O–H groups in total. The molecule has 0 spiro atoms. The Hall–Kier alpha value is -0.280. The summed E-state index contributed by atoms with van der Waals surface area (Å²) in [6.45, 7) is 6.43. The van der Waals surface area contributed by atoms with Crippen LogP contribution in [0.4, 0.5) is 0 Å². The summed E-state index contributed by atoms with van der Waals surface area (Å²) in [5, 5.41) is 14.7. The number of rotatable bonds is 6. The molecular weight excluding hydrogens is 269 g/mol. The summed E-state index contributed by atoms with van der Waals surface area (Å²) in [5.41, 5.74) is 0.335. The molecule has 2 unspecified atom stereocenters. The normalized spacial score (nSPS) is 16.3. The highest BCUT2D eigenvalue weighted by molar-refractivity contribution is 6.35. The predicted molar refractivity (Wildman–Crippen MR) is 78.4 cm³/mol. The molecule has 0 aromatic heterocycles. The van der Waals surface area contributed by atoms with Gasteiger partial charge in [-0.15, -0.1) is 0 Å². The van der Waals surface area contributed by atoms with Gasteiger partial charge in [-0.25, -0.2) is 0 Å². The maximum atomic E-state index is 10.0. The van der Waals surface area contributed by atoms with E-state index in [1.165, 1.54) is 0 Å². The van der Waals surface area contributed by atoms with Crippen molar-refractivity contribution < 1.29 is 5.11 Å². The topological polar surface area (TPSA) is 32.3 Å².